The van der Waals surface area contributed by atoms with Gasteiger partial charge in [0.25, 0.3) is 11.4 Å². The highest BCUT2D eigenvalue weighted by Gasteiger charge is 2.65. The first-order chi connectivity index (χ1) is 39.3. The van der Waals surface area contributed by atoms with Crippen LogP contribution in [0.25, 0.3) is 11.2 Å². The Morgan fingerprint density at radius 2 is 1.51 bits per heavy atom. The first kappa shape index (κ1) is 59.7. The number of hydrogen-bond donors (Lipinski definition) is 5. The second-order valence-electron chi connectivity index (χ2n) is 23.7. The molecular weight excluding hydrogens is 1060 g/mol. The molecule has 4 aliphatic carbocycles. The highest BCUT2D eigenvalue weighted by atomic mass is 16.7. The van der Waals surface area contributed by atoms with Gasteiger partial charge in [0.2, 0.25) is 5.91 Å². The van der Waals surface area contributed by atoms with Gasteiger partial charge in [-0.2, -0.15) is 0 Å². The summed E-state index contributed by atoms with van der Waals surface area (Å²) in [5.74, 6) is 0.813. The number of aliphatic hydroxyl groups excluding tert-OH is 3. The van der Waals surface area contributed by atoms with E-state index in [0.29, 0.717) is 62.6 Å². The molecule has 9 rings (SSSR count). The zero-order chi connectivity index (χ0) is 58.3. The SMILES string of the molecule is C[C@H](CCC(=O)NCCCCCC(=O)OC[C@@H]1C[C@@H](OC(=O)OCCc2ccc([N+](=O)[O-])cc2)[C@H](n2cnc3c(NC(=O)OCCc4ccc([N+](=O)[O-])cc4)ncnc32)O1)[C@H]1CC[C@H]2[C@@H]3[C@H](O)C[C@@H]4C[C@H](O)CC[C@]4(C)[C@H]3C[C@H](O)[C@]12C. The van der Waals surface area contributed by atoms with Crippen LogP contribution in [0.5, 0.6) is 0 Å². The number of nitro groups is 2. The smallest absolute Gasteiger partial charge is 0.463 e. The fourth-order valence-electron chi connectivity index (χ4n) is 14.5. The minimum absolute atomic E-state index is 0.00653. The van der Waals surface area contributed by atoms with Crippen LogP contribution in [0.1, 0.15) is 128 Å². The van der Waals surface area contributed by atoms with Crippen molar-refractivity contribution in [3.8, 4) is 0 Å². The average Bonchev–Trinajstić information content (AvgIpc) is 1.60. The molecule has 0 radical (unpaired) electrons. The van der Waals surface area contributed by atoms with Gasteiger partial charge >= 0.3 is 18.2 Å². The van der Waals surface area contributed by atoms with Gasteiger partial charge in [-0.25, -0.2) is 24.5 Å². The van der Waals surface area contributed by atoms with Gasteiger partial charge in [0.15, 0.2) is 29.3 Å². The molecule has 2 aromatic heterocycles. The summed E-state index contributed by atoms with van der Waals surface area (Å²) in [6.07, 6.45) is 6.05. The summed E-state index contributed by atoms with van der Waals surface area (Å²) < 4.78 is 29.9. The first-order valence-corrected chi connectivity index (χ1v) is 28.9. The van der Waals surface area contributed by atoms with Crippen molar-refractivity contribution in [2.45, 2.75) is 160 Å². The number of anilines is 1. The zero-order valence-corrected chi connectivity index (χ0v) is 46.7. The molecular formula is C58H76N8O16. The molecule has 1 saturated heterocycles. The van der Waals surface area contributed by atoms with Crippen LogP contribution in [0.2, 0.25) is 0 Å². The number of carbonyl (C=O) groups excluding carboxylic acids is 4. The molecule has 1 aliphatic heterocycles. The largest absolute Gasteiger partial charge is 0.508 e. The number of benzene rings is 2. The Kier molecular flexibility index (Phi) is 19.0. The van der Waals surface area contributed by atoms with Crippen molar-refractivity contribution in [2.75, 3.05) is 31.7 Å². The Hall–Kier alpha value is -6.89. The van der Waals surface area contributed by atoms with Crippen molar-refractivity contribution in [2.24, 2.45) is 46.3 Å². The van der Waals surface area contributed by atoms with Crippen molar-refractivity contribution in [3.05, 3.63) is 92.5 Å². The van der Waals surface area contributed by atoms with E-state index in [4.69, 9.17) is 23.7 Å². The molecule has 5 aliphatic rings. The number of ether oxygens (including phenoxy) is 5. The first-order valence-electron chi connectivity index (χ1n) is 28.9. The number of imidazole rings is 1. The molecule has 0 bridgehead atoms. The standard InChI is InChI=1S/C58H76N8O16/c1-34(42-17-18-43-50-44(30-47(69)58(42,43)3)57(2)23-20-40(67)27-37(57)28-45(50)68)8-19-48(70)59-24-6-4-5-7-49(71)80-31-41-29-46(82-56(73)79-26-22-36-11-15-39(16-12-36)66(76)77)54(81-41)64-33-62-51-52(60-32-61-53(51)64)63-55(72)78-25-21-35-9-13-38(14-10-35)65(74)75/h9-16,32-34,37,40-47,50,54,67-69H,4-8,17-31H2,1-3H3,(H,59,70)(H,60,61,63,72)/t34-,37+,40-,41+,42-,43+,44+,45-,46-,47+,50+,54-,57+,58-/m1/s1. The van der Waals surface area contributed by atoms with Crippen LogP contribution in [0.3, 0.4) is 0 Å². The molecule has 0 spiro atoms. The quantitative estimate of drug-likeness (QED) is 0.0154. The molecule has 444 valence electrons. The van der Waals surface area contributed by atoms with E-state index in [1.54, 1.807) is 24.3 Å². The van der Waals surface area contributed by atoms with Gasteiger partial charge < -0.3 is 44.3 Å². The summed E-state index contributed by atoms with van der Waals surface area (Å²) in [6, 6.07) is 11.7. The third-order valence-electron chi connectivity index (χ3n) is 18.9. The van der Waals surface area contributed by atoms with Crippen LogP contribution >= 0.6 is 0 Å². The Morgan fingerprint density at radius 1 is 0.817 bits per heavy atom. The number of fused-ring (bicyclic) bond motifs is 6. The van der Waals surface area contributed by atoms with Crippen LogP contribution < -0.4 is 10.6 Å². The lowest BCUT2D eigenvalue weighted by Gasteiger charge is -2.63. The number of nitrogens with one attached hydrogen (secondary N) is 2. The van der Waals surface area contributed by atoms with Crippen LogP contribution in [-0.4, -0.2) is 126 Å². The summed E-state index contributed by atoms with van der Waals surface area (Å²) in [7, 11) is 0. The lowest BCUT2D eigenvalue weighted by Crippen LogP contribution is -2.62. The molecule has 5 N–H and O–H groups in total. The second kappa shape index (κ2) is 26.1. The Labute approximate surface area is 474 Å². The van der Waals surface area contributed by atoms with Gasteiger partial charge in [0.05, 0.1) is 53.8 Å². The normalized spacial score (nSPS) is 29.6. The topological polar surface area (TPSA) is 329 Å². The Balaban J connectivity index is 0.718. The highest BCUT2D eigenvalue weighted by molar-refractivity contribution is 5.93. The van der Waals surface area contributed by atoms with Crippen molar-refractivity contribution >= 4 is 52.5 Å². The van der Waals surface area contributed by atoms with Crippen LogP contribution in [0, 0.1) is 66.6 Å². The van der Waals surface area contributed by atoms with Gasteiger partial charge in [-0.3, -0.25) is 39.7 Å². The minimum Gasteiger partial charge on any atom is -0.463 e. The minimum atomic E-state index is -1.06. The summed E-state index contributed by atoms with van der Waals surface area (Å²) in [5, 5.41) is 61.7. The molecule has 2 aromatic carbocycles. The van der Waals surface area contributed by atoms with Crippen molar-refractivity contribution in [1.29, 1.82) is 0 Å². The van der Waals surface area contributed by atoms with Crippen molar-refractivity contribution in [1.82, 2.24) is 24.8 Å². The maximum absolute atomic E-state index is 13.1. The molecule has 4 aromatic rings. The maximum atomic E-state index is 13.1. The number of aliphatic hydroxyl groups is 3. The lowest BCUT2D eigenvalue weighted by atomic mass is 9.43. The van der Waals surface area contributed by atoms with Gasteiger partial charge in [0, 0.05) is 62.9 Å². The van der Waals surface area contributed by atoms with Crippen molar-refractivity contribution < 1.29 is 68.0 Å². The van der Waals surface area contributed by atoms with Crippen molar-refractivity contribution in [3.63, 3.8) is 0 Å². The maximum Gasteiger partial charge on any atom is 0.508 e. The summed E-state index contributed by atoms with van der Waals surface area (Å²) >= 11 is 0. The monoisotopic (exact) mass is 1140 g/mol. The molecule has 24 heteroatoms. The molecule has 5 fully saturated rings. The third kappa shape index (κ3) is 13.5. The van der Waals surface area contributed by atoms with Crippen LogP contribution in [-0.2, 0) is 46.1 Å². The van der Waals surface area contributed by atoms with Crippen LogP contribution in [0.4, 0.5) is 26.8 Å². The number of nitro benzene ring substituents is 2. The molecule has 24 nitrogen and oxygen atoms in total. The lowest BCUT2D eigenvalue weighted by molar-refractivity contribution is -0.385. The van der Waals surface area contributed by atoms with E-state index in [-0.39, 0.29) is 132 Å². The number of carbonyl (C=O) groups is 4. The number of aromatic nitrogens is 4. The third-order valence-corrected chi connectivity index (χ3v) is 18.9. The van der Waals surface area contributed by atoms with E-state index in [9.17, 15) is 54.7 Å². The molecule has 4 saturated carbocycles. The Morgan fingerprint density at radius 3 is 2.21 bits per heavy atom. The molecule has 3 heterocycles. The van der Waals surface area contributed by atoms with Gasteiger partial charge in [-0.05, 0) is 122 Å². The summed E-state index contributed by atoms with van der Waals surface area (Å²) in [4.78, 5) is 86.0. The van der Waals surface area contributed by atoms with E-state index in [0.717, 1.165) is 32.1 Å². The van der Waals surface area contributed by atoms with Gasteiger partial charge in [0.1, 0.15) is 12.9 Å². The van der Waals surface area contributed by atoms with E-state index in [2.05, 4.69) is 46.4 Å². The number of hydrogen-bond acceptors (Lipinski definition) is 19. The number of unbranched alkanes of at least 4 members (excludes halogenated alkanes) is 2. The predicted molar refractivity (Wildman–Crippen MR) is 293 cm³/mol. The number of esters is 1. The average molecular weight is 1140 g/mol. The van der Waals surface area contributed by atoms with Crippen LogP contribution in [0.15, 0.2) is 61.2 Å². The number of non-ortho nitro benzene ring substituents is 2. The zero-order valence-electron chi connectivity index (χ0n) is 46.7. The summed E-state index contributed by atoms with van der Waals surface area (Å²) in [6.45, 7) is 6.91. The number of amides is 2. The van der Waals surface area contributed by atoms with Gasteiger partial charge in [-0.1, -0.05) is 51.5 Å². The van der Waals surface area contributed by atoms with E-state index < -0.39 is 58.7 Å². The van der Waals surface area contributed by atoms with E-state index >= 15 is 0 Å². The van der Waals surface area contributed by atoms with Gasteiger partial charge in [-0.15, -0.1) is 0 Å². The second-order valence-corrected chi connectivity index (χ2v) is 23.7. The molecule has 82 heavy (non-hydrogen) atoms. The molecule has 0 unspecified atom stereocenters. The number of rotatable bonds is 23. The fourth-order valence-corrected chi connectivity index (χ4v) is 14.5. The van der Waals surface area contributed by atoms with E-state index in [1.807, 2.05) is 0 Å². The molecule has 2 amide bonds. The molecule has 14 atom stereocenters. The number of nitrogens with zero attached hydrogens (tertiary/aromatic N) is 6. The fraction of sp³-hybridized carbons (Fsp3) is 0.638. The predicted octanol–water partition coefficient (Wildman–Crippen LogP) is 8.08. The highest BCUT2D eigenvalue weighted by Crippen LogP contribution is 2.68. The summed E-state index contributed by atoms with van der Waals surface area (Å²) in [5.41, 5.74) is 1.29. The van der Waals surface area contributed by atoms with E-state index in [1.165, 1.54) is 41.5 Å². The Bertz CT molecular complexity index is 2910.